The van der Waals surface area contributed by atoms with Crippen LogP contribution in [0.1, 0.15) is 17.8 Å². The fraction of sp³-hybridized carbons (Fsp3) is 0.261. The molecule has 1 aliphatic rings. The van der Waals surface area contributed by atoms with Crippen LogP contribution in [-0.4, -0.2) is 54.1 Å². The number of nitrogens with zero attached hydrogens (tertiary/aromatic N) is 6. The molecule has 1 aliphatic heterocycles. The molecule has 1 saturated heterocycles. The van der Waals surface area contributed by atoms with Gasteiger partial charge in [-0.25, -0.2) is 19.9 Å². The van der Waals surface area contributed by atoms with Crippen LogP contribution in [-0.2, 0) is 6.54 Å². The zero-order chi connectivity index (χ0) is 23.5. The fourth-order valence-electron chi connectivity index (χ4n) is 3.58. The Morgan fingerprint density at radius 1 is 1.18 bits per heavy atom. The Morgan fingerprint density at radius 3 is 2.82 bits per heavy atom. The van der Waals surface area contributed by atoms with Crippen molar-refractivity contribution < 1.29 is 5.11 Å². The number of halogens is 1. The van der Waals surface area contributed by atoms with Gasteiger partial charge in [0.1, 0.15) is 0 Å². The second-order valence-corrected chi connectivity index (χ2v) is 10.4. The van der Waals surface area contributed by atoms with Crippen LogP contribution in [0, 0.1) is 6.92 Å². The molecule has 174 valence electrons. The monoisotopic (exact) mass is 511 g/mol. The summed E-state index contributed by atoms with van der Waals surface area (Å²) in [5.74, 6) is 0.625. The maximum absolute atomic E-state index is 9.67. The van der Waals surface area contributed by atoms with Crippen LogP contribution in [0.25, 0.3) is 10.6 Å². The molecular formula is C23H22ClN7OS2. The number of aliphatic hydroxyl groups is 1. The van der Waals surface area contributed by atoms with Crippen molar-refractivity contribution in [1.29, 1.82) is 0 Å². The Labute approximate surface area is 210 Å². The number of hydrogen-bond acceptors (Lipinski definition) is 10. The molecule has 3 aromatic heterocycles. The largest absolute Gasteiger partial charge is 0.392 e. The van der Waals surface area contributed by atoms with E-state index in [4.69, 9.17) is 16.6 Å². The normalized spacial score (nSPS) is 16.1. The van der Waals surface area contributed by atoms with E-state index in [1.807, 2.05) is 37.3 Å². The van der Waals surface area contributed by atoms with Crippen LogP contribution in [0.2, 0.25) is 5.02 Å². The molecule has 0 unspecified atom stereocenters. The summed E-state index contributed by atoms with van der Waals surface area (Å²) in [6, 6.07) is 9.59. The zero-order valence-corrected chi connectivity index (χ0v) is 20.7. The molecule has 0 bridgehead atoms. The second-order valence-electron chi connectivity index (χ2n) is 7.93. The lowest BCUT2D eigenvalue weighted by atomic mass is 10.3. The predicted molar refractivity (Wildman–Crippen MR) is 135 cm³/mol. The number of hydrogen-bond donors (Lipinski definition) is 2. The van der Waals surface area contributed by atoms with Crippen molar-refractivity contribution in [3.63, 3.8) is 0 Å². The van der Waals surface area contributed by atoms with Gasteiger partial charge in [-0.15, -0.1) is 0 Å². The Hall–Kier alpha value is -2.63. The quantitative estimate of drug-likeness (QED) is 0.338. The van der Waals surface area contributed by atoms with Gasteiger partial charge in [0.25, 0.3) is 0 Å². The van der Waals surface area contributed by atoms with E-state index in [-0.39, 0.29) is 6.10 Å². The molecule has 1 atom stereocenters. The highest BCUT2D eigenvalue weighted by Gasteiger charge is 2.20. The summed E-state index contributed by atoms with van der Waals surface area (Å²) in [7, 11) is 0. The fourth-order valence-corrected chi connectivity index (χ4v) is 5.46. The molecule has 4 heterocycles. The topological polar surface area (TPSA) is 100.0 Å². The second kappa shape index (κ2) is 10.3. The lowest BCUT2D eigenvalue weighted by Crippen LogP contribution is -2.22. The molecule has 2 N–H and O–H groups in total. The number of benzene rings is 1. The minimum atomic E-state index is -0.238. The van der Waals surface area contributed by atoms with Crippen LogP contribution < -0.4 is 5.32 Å². The van der Waals surface area contributed by atoms with E-state index in [1.54, 1.807) is 18.6 Å². The van der Waals surface area contributed by atoms with Crippen LogP contribution in [0.4, 0.5) is 10.9 Å². The van der Waals surface area contributed by atoms with Gasteiger partial charge in [-0.1, -0.05) is 35.1 Å². The minimum Gasteiger partial charge on any atom is -0.392 e. The lowest BCUT2D eigenvalue weighted by Gasteiger charge is -2.13. The van der Waals surface area contributed by atoms with E-state index in [1.165, 1.54) is 23.1 Å². The summed E-state index contributed by atoms with van der Waals surface area (Å²) in [4.78, 5) is 26.7. The van der Waals surface area contributed by atoms with Crippen molar-refractivity contribution in [1.82, 2.24) is 29.8 Å². The molecule has 0 aliphatic carbocycles. The highest BCUT2D eigenvalue weighted by molar-refractivity contribution is 7.99. The third-order valence-corrected chi connectivity index (χ3v) is 7.52. The molecule has 11 heteroatoms. The summed E-state index contributed by atoms with van der Waals surface area (Å²) < 4.78 is 0. The van der Waals surface area contributed by atoms with E-state index < -0.39 is 0 Å². The van der Waals surface area contributed by atoms with Crippen molar-refractivity contribution in [3.05, 3.63) is 65.3 Å². The van der Waals surface area contributed by atoms with Gasteiger partial charge in [-0.2, -0.15) is 0 Å². The highest BCUT2D eigenvalue weighted by Crippen LogP contribution is 2.34. The van der Waals surface area contributed by atoms with Crippen LogP contribution in [0.15, 0.2) is 59.0 Å². The first-order valence-corrected chi connectivity index (χ1v) is 12.8. The molecule has 4 aromatic rings. The van der Waals surface area contributed by atoms with Crippen LogP contribution in [0.3, 0.4) is 0 Å². The molecule has 0 radical (unpaired) electrons. The molecule has 34 heavy (non-hydrogen) atoms. The number of aromatic nitrogens is 5. The van der Waals surface area contributed by atoms with Gasteiger partial charge in [0.2, 0.25) is 0 Å². The Bertz CT molecular complexity index is 1280. The standard InChI is InChI=1S/C23H22ClN7OS2/c1-14-8-18(29-23(28-14)33-19-5-3-2-4-17(19)24)20-10-27-22(34-20)30-21-11-25-15(9-26-21)12-31-7-6-16(32)13-31/h2-5,8-11,16,32H,6-7,12-13H2,1H3,(H,26,27,30)/t16-/m1/s1. The summed E-state index contributed by atoms with van der Waals surface area (Å²) in [5, 5.41) is 14.9. The van der Waals surface area contributed by atoms with E-state index in [2.05, 4.69) is 30.2 Å². The molecule has 5 rings (SSSR count). The maximum Gasteiger partial charge on any atom is 0.193 e. The number of rotatable bonds is 7. The van der Waals surface area contributed by atoms with E-state index >= 15 is 0 Å². The first kappa shape index (κ1) is 23.1. The number of anilines is 2. The highest BCUT2D eigenvalue weighted by atomic mass is 35.5. The molecule has 0 amide bonds. The number of thiazole rings is 1. The third kappa shape index (κ3) is 5.70. The van der Waals surface area contributed by atoms with Crippen LogP contribution in [0.5, 0.6) is 0 Å². The van der Waals surface area contributed by atoms with Gasteiger partial charge in [0, 0.05) is 36.4 Å². The SMILES string of the molecule is Cc1cc(-c2cnc(Nc3cnc(CN4CC[C@@H](O)C4)cn3)s2)nc(Sc2ccccc2Cl)n1. The molecule has 8 nitrogen and oxygen atoms in total. The van der Waals surface area contributed by atoms with Crippen LogP contribution >= 0.6 is 34.7 Å². The Kier molecular flexibility index (Phi) is 7.02. The number of β-amino-alcohol motifs (C(OH)–C–C–N with tert-alkyl or cyclic N) is 1. The lowest BCUT2D eigenvalue weighted by molar-refractivity contribution is 0.174. The number of aliphatic hydroxyl groups excluding tert-OH is 1. The number of aryl methyl sites for hydroxylation is 1. The van der Waals surface area contributed by atoms with Crippen molar-refractivity contribution >= 4 is 45.6 Å². The number of likely N-dealkylation sites (tertiary alicyclic amines) is 1. The Balaban J connectivity index is 1.26. The Morgan fingerprint density at radius 2 is 2.06 bits per heavy atom. The first-order valence-electron chi connectivity index (χ1n) is 10.7. The number of nitrogens with one attached hydrogen (secondary N) is 1. The van der Waals surface area contributed by atoms with Crippen molar-refractivity contribution in [2.45, 2.75) is 36.0 Å². The molecule has 1 aromatic carbocycles. The molecular weight excluding hydrogens is 490 g/mol. The zero-order valence-electron chi connectivity index (χ0n) is 18.3. The van der Waals surface area contributed by atoms with E-state index in [0.717, 1.165) is 39.8 Å². The summed E-state index contributed by atoms with van der Waals surface area (Å²) in [5.41, 5.74) is 2.55. The first-order chi connectivity index (χ1) is 16.5. The third-order valence-electron chi connectivity index (χ3n) is 5.20. The average Bonchev–Trinajstić information content (AvgIpc) is 3.45. The van der Waals surface area contributed by atoms with Crippen molar-refractivity contribution in [3.8, 4) is 10.6 Å². The molecule has 0 spiro atoms. The smallest absolute Gasteiger partial charge is 0.193 e. The molecule has 0 saturated carbocycles. The summed E-state index contributed by atoms with van der Waals surface area (Å²) in [6.07, 6.45) is 5.83. The van der Waals surface area contributed by atoms with Crippen molar-refractivity contribution in [2.75, 3.05) is 18.4 Å². The predicted octanol–water partition coefficient (Wildman–Crippen LogP) is 4.81. The van der Waals surface area contributed by atoms with Gasteiger partial charge in [0.05, 0.1) is 39.8 Å². The summed E-state index contributed by atoms with van der Waals surface area (Å²) >= 11 is 9.22. The minimum absolute atomic E-state index is 0.238. The van der Waals surface area contributed by atoms with Gasteiger partial charge in [-0.3, -0.25) is 9.88 Å². The van der Waals surface area contributed by atoms with Gasteiger partial charge in [-0.05, 0) is 43.3 Å². The van der Waals surface area contributed by atoms with Gasteiger partial charge < -0.3 is 10.4 Å². The average molecular weight is 512 g/mol. The maximum atomic E-state index is 9.67. The summed E-state index contributed by atoms with van der Waals surface area (Å²) in [6.45, 7) is 4.20. The van der Waals surface area contributed by atoms with E-state index in [9.17, 15) is 5.11 Å². The van der Waals surface area contributed by atoms with E-state index in [0.29, 0.717) is 34.2 Å². The van der Waals surface area contributed by atoms with Gasteiger partial charge in [0.15, 0.2) is 16.1 Å². The van der Waals surface area contributed by atoms with Crippen molar-refractivity contribution in [2.24, 2.45) is 0 Å². The van der Waals surface area contributed by atoms with Gasteiger partial charge >= 0.3 is 0 Å². The molecule has 1 fully saturated rings.